The van der Waals surface area contributed by atoms with E-state index < -0.39 is 16.6 Å². The number of nitro benzene ring substituents is 1. The highest BCUT2D eigenvalue weighted by Gasteiger charge is 2.22. The second kappa shape index (κ2) is 4.59. The number of carbonyl (C=O) groups is 1. The Balaban J connectivity index is 2.51. The molecule has 2 rings (SSSR count). The lowest BCUT2D eigenvalue weighted by molar-refractivity contribution is -0.384. The quantitative estimate of drug-likeness (QED) is 0.590. The Labute approximate surface area is 115 Å². The van der Waals surface area contributed by atoms with Gasteiger partial charge in [0.05, 0.1) is 16.1 Å². The molecule has 0 bridgehead atoms. The number of rotatable bonds is 1. The number of aromatic nitrogens is 2. The summed E-state index contributed by atoms with van der Waals surface area (Å²) in [5.74, 6) is 0. The Morgan fingerprint density at radius 3 is 2.60 bits per heavy atom. The first-order valence-electron chi connectivity index (χ1n) is 6.06. The first kappa shape index (κ1) is 14.0. The van der Waals surface area contributed by atoms with Gasteiger partial charge >= 0.3 is 6.09 Å². The molecule has 0 fully saturated rings. The smallest absolute Gasteiger partial charge is 0.435 e. The van der Waals surface area contributed by atoms with Gasteiger partial charge in [0.1, 0.15) is 5.60 Å². The van der Waals surface area contributed by atoms with Crippen LogP contribution in [0.15, 0.2) is 18.2 Å². The molecule has 0 atom stereocenters. The lowest BCUT2D eigenvalue weighted by Crippen LogP contribution is -2.27. The summed E-state index contributed by atoms with van der Waals surface area (Å²) in [6.07, 6.45) is -0.607. The van der Waals surface area contributed by atoms with Crippen LogP contribution in [0.3, 0.4) is 0 Å². The van der Waals surface area contributed by atoms with Gasteiger partial charge in [-0.2, -0.15) is 9.78 Å². The number of benzene rings is 1. The fourth-order valence-electron chi connectivity index (χ4n) is 1.81. The number of nitrogens with zero attached hydrogens (tertiary/aromatic N) is 3. The summed E-state index contributed by atoms with van der Waals surface area (Å²) in [4.78, 5) is 22.3. The van der Waals surface area contributed by atoms with Crippen LogP contribution >= 0.6 is 0 Å². The van der Waals surface area contributed by atoms with Crippen molar-refractivity contribution in [3.05, 3.63) is 34.0 Å². The first-order valence-corrected chi connectivity index (χ1v) is 6.06. The van der Waals surface area contributed by atoms with Gasteiger partial charge < -0.3 is 4.74 Å². The topological polar surface area (TPSA) is 87.3 Å². The molecule has 7 heteroatoms. The summed E-state index contributed by atoms with van der Waals surface area (Å²) >= 11 is 0. The van der Waals surface area contributed by atoms with Crippen LogP contribution in [-0.4, -0.2) is 26.4 Å². The van der Waals surface area contributed by atoms with E-state index in [-0.39, 0.29) is 5.69 Å². The molecule has 106 valence electrons. The second-order valence-corrected chi connectivity index (χ2v) is 5.44. The van der Waals surface area contributed by atoms with Crippen LogP contribution in [0.1, 0.15) is 26.5 Å². The van der Waals surface area contributed by atoms with Crippen LogP contribution in [0.2, 0.25) is 0 Å². The number of hydrogen-bond donors (Lipinski definition) is 0. The highest BCUT2D eigenvalue weighted by molar-refractivity contribution is 5.91. The Bertz CT molecular complexity index is 697. The molecule has 0 aliphatic heterocycles. The summed E-state index contributed by atoms with van der Waals surface area (Å²) in [6.45, 7) is 6.96. The molecule has 1 aromatic heterocycles. The average Bonchev–Trinajstić information content (AvgIpc) is 2.64. The predicted molar refractivity (Wildman–Crippen MR) is 72.8 cm³/mol. The van der Waals surface area contributed by atoms with Crippen molar-refractivity contribution < 1.29 is 14.5 Å². The molecular formula is C13H15N3O4. The van der Waals surface area contributed by atoms with Gasteiger partial charge in [0.2, 0.25) is 0 Å². The highest BCUT2D eigenvalue weighted by atomic mass is 16.6. The number of nitro groups is 1. The van der Waals surface area contributed by atoms with E-state index in [0.29, 0.717) is 16.6 Å². The maximum atomic E-state index is 12.1. The summed E-state index contributed by atoms with van der Waals surface area (Å²) < 4.78 is 6.38. The zero-order valence-electron chi connectivity index (χ0n) is 11.7. The molecule has 7 nitrogen and oxygen atoms in total. The maximum Gasteiger partial charge on any atom is 0.435 e. The molecule has 0 saturated heterocycles. The predicted octanol–water partition coefficient (Wildman–Crippen LogP) is 3.04. The van der Waals surface area contributed by atoms with Gasteiger partial charge in [-0.25, -0.2) is 4.79 Å². The van der Waals surface area contributed by atoms with Crippen molar-refractivity contribution >= 4 is 22.7 Å². The summed E-state index contributed by atoms with van der Waals surface area (Å²) in [6, 6.07) is 4.24. The first-order chi connectivity index (χ1) is 9.19. The number of aryl methyl sites for hydroxylation is 1. The van der Waals surface area contributed by atoms with Gasteiger partial charge in [0, 0.05) is 17.5 Å². The molecule has 0 aliphatic carbocycles. The maximum absolute atomic E-state index is 12.1. The molecule has 0 N–H and O–H groups in total. The van der Waals surface area contributed by atoms with E-state index in [0.717, 1.165) is 4.68 Å². The van der Waals surface area contributed by atoms with Gasteiger partial charge in [-0.1, -0.05) is 0 Å². The van der Waals surface area contributed by atoms with Gasteiger partial charge in [0.15, 0.2) is 0 Å². The largest absolute Gasteiger partial charge is 0.442 e. The van der Waals surface area contributed by atoms with Crippen LogP contribution in [0.25, 0.3) is 10.9 Å². The van der Waals surface area contributed by atoms with Crippen molar-refractivity contribution in [3.8, 4) is 0 Å². The molecule has 0 radical (unpaired) electrons. The lowest BCUT2D eigenvalue weighted by atomic mass is 10.2. The van der Waals surface area contributed by atoms with Crippen LogP contribution in [-0.2, 0) is 4.74 Å². The van der Waals surface area contributed by atoms with Gasteiger partial charge in [0.25, 0.3) is 5.69 Å². The second-order valence-electron chi connectivity index (χ2n) is 5.44. The minimum absolute atomic E-state index is 0.0376. The van der Waals surface area contributed by atoms with Crippen LogP contribution in [0.4, 0.5) is 10.5 Å². The van der Waals surface area contributed by atoms with Crippen LogP contribution in [0, 0.1) is 17.0 Å². The van der Waals surface area contributed by atoms with Gasteiger partial charge in [-0.15, -0.1) is 0 Å². The third-order valence-corrected chi connectivity index (χ3v) is 2.63. The molecule has 2 aromatic rings. The third-order valence-electron chi connectivity index (χ3n) is 2.63. The molecule has 1 aromatic carbocycles. The van der Waals surface area contributed by atoms with E-state index >= 15 is 0 Å². The number of hydrogen-bond acceptors (Lipinski definition) is 5. The van der Waals surface area contributed by atoms with Crippen molar-refractivity contribution in [3.63, 3.8) is 0 Å². The molecule has 1 heterocycles. The molecule has 0 saturated carbocycles. The lowest BCUT2D eigenvalue weighted by Gasteiger charge is -2.19. The normalized spacial score (nSPS) is 11.6. The van der Waals surface area contributed by atoms with Crippen molar-refractivity contribution in [2.24, 2.45) is 0 Å². The van der Waals surface area contributed by atoms with Gasteiger partial charge in [-0.3, -0.25) is 10.1 Å². The van der Waals surface area contributed by atoms with Gasteiger partial charge in [-0.05, 0) is 33.8 Å². The van der Waals surface area contributed by atoms with Crippen molar-refractivity contribution in [1.82, 2.24) is 9.78 Å². The third kappa shape index (κ3) is 2.61. The van der Waals surface area contributed by atoms with E-state index in [2.05, 4.69) is 5.10 Å². The highest BCUT2D eigenvalue weighted by Crippen LogP contribution is 2.24. The molecule has 0 spiro atoms. The zero-order valence-corrected chi connectivity index (χ0v) is 11.7. The Kier molecular flexibility index (Phi) is 3.21. The minimum Gasteiger partial charge on any atom is -0.442 e. The summed E-state index contributed by atoms with van der Waals surface area (Å²) in [7, 11) is 0. The standard InChI is InChI=1S/C13H15N3O4/c1-8-10-7-9(16(18)19)5-6-11(10)15(14-8)12(17)20-13(2,3)4/h5-7H,1-4H3. The number of non-ortho nitro benzene ring substituents is 1. The molecule has 0 amide bonds. The van der Waals surface area contributed by atoms with Crippen LogP contribution in [0.5, 0.6) is 0 Å². The van der Waals surface area contributed by atoms with E-state index in [1.54, 1.807) is 27.7 Å². The van der Waals surface area contributed by atoms with E-state index in [1.165, 1.54) is 18.2 Å². The molecular weight excluding hydrogens is 262 g/mol. The Morgan fingerprint density at radius 2 is 2.05 bits per heavy atom. The zero-order chi connectivity index (χ0) is 15.1. The number of ether oxygens (including phenoxy) is 1. The number of carbonyl (C=O) groups excluding carboxylic acids is 1. The van der Waals surface area contributed by atoms with E-state index in [9.17, 15) is 14.9 Å². The fourth-order valence-corrected chi connectivity index (χ4v) is 1.81. The number of fused-ring (bicyclic) bond motifs is 1. The van der Waals surface area contributed by atoms with E-state index in [4.69, 9.17) is 4.74 Å². The minimum atomic E-state index is -0.635. The summed E-state index contributed by atoms with van der Waals surface area (Å²) in [5.41, 5.74) is 0.352. The fraction of sp³-hybridized carbons (Fsp3) is 0.385. The SMILES string of the molecule is Cc1nn(C(=O)OC(C)(C)C)c2ccc([N+](=O)[O-])cc12. The van der Waals surface area contributed by atoms with Crippen molar-refractivity contribution in [2.75, 3.05) is 0 Å². The Morgan fingerprint density at radius 1 is 1.40 bits per heavy atom. The van der Waals surface area contributed by atoms with Crippen molar-refractivity contribution in [2.45, 2.75) is 33.3 Å². The molecule has 0 aliphatic rings. The summed E-state index contributed by atoms with van der Waals surface area (Å²) in [5, 5.41) is 15.4. The molecule has 20 heavy (non-hydrogen) atoms. The Hall–Kier alpha value is -2.44. The van der Waals surface area contributed by atoms with Crippen LogP contribution < -0.4 is 0 Å². The van der Waals surface area contributed by atoms with Crippen molar-refractivity contribution in [1.29, 1.82) is 0 Å². The molecule has 0 unspecified atom stereocenters. The monoisotopic (exact) mass is 277 g/mol. The average molecular weight is 277 g/mol. The van der Waals surface area contributed by atoms with E-state index in [1.807, 2.05) is 0 Å².